The van der Waals surface area contributed by atoms with E-state index in [2.05, 4.69) is 23.6 Å². The molecule has 19 heteroatoms. The quantitative estimate of drug-likeness (QED) is 0.188. The highest BCUT2D eigenvalue weighted by molar-refractivity contribution is 7.68. The first-order valence-electron chi connectivity index (χ1n) is 7.25. The van der Waals surface area contributed by atoms with Crippen LogP contribution in [0.4, 0.5) is 0 Å². The van der Waals surface area contributed by atoms with Crippen LogP contribution in [-0.4, -0.2) is 74.1 Å². The van der Waals surface area contributed by atoms with Crippen LogP contribution in [0.5, 0.6) is 0 Å². The lowest BCUT2D eigenvalue weighted by atomic mass is 10.2. The second-order valence-corrected chi connectivity index (χ2v) is 10.0. The molecular formula is C9H16N5O11P3. The molecule has 1 amide bonds. The Morgan fingerprint density at radius 3 is 2.46 bits per heavy atom. The minimum atomic E-state index is -5.49. The van der Waals surface area contributed by atoms with E-state index in [0.717, 1.165) is 0 Å². The maximum absolute atomic E-state index is 11.6. The Kier molecular flexibility index (Phi) is 7.05. The van der Waals surface area contributed by atoms with E-state index in [9.17, 15) is 23.4 Å². The Balaban J connectivity index is 1.76. The summed E-state index contributed by atoms with van der Waals surface area (Å²) >= 11 is 0. The maximum atomic E-state index is 11.6. The molecule has 0 bridgehead atoms. The lowest BCUT2D eigenvalue weighted by Gasteiger charge is -2.20. The zero-order valence-electron chi connectivity index (χ0n) is 13.8. The van der Waals surface area contributed by atoms with Crippen LogP contribution in [0.15, 0.2) is 15.0 Å². The second kappa shape index (κ2) is 8.59. The van der Waals surface area contributed by atoms with E-state index in [-0.39, 0.29) is 31.4 Å². The SMILES string of the molecule is NC1=NC(=O)C2N=CN(CCCOCP(=O)(O)OP(=O)(O)OP(=O)(O)O)C2=N1. The summed E-state index contributed by atoms with van der Waals surface area (Å²) < 4.78 is 45.5. The maximum Gasteiger partial charge on any atom is 0.488 e. The zero-order valence-corrected chi connectivity index (χ0v) is 16.5. The molecule has 0 spiro atoms. The van der Waals surface area contributed by atoms with Gasteiger partial charge in [0, 0.05) is 13.2 Å². The Hall–Kier alpha value is -1.31. The van der Waals surface area contributed by atoms with Gasteiger partial charge in [-0.15, -0.1) is 0 Å². The van der Waals surface area contributed by atoms with Gasteiger partial charge < -0.3 is 34.9 Å². The number of phosphoric acid groups is 2. The van der Waals surface area contributed by atoms with Gasteiger partial charge in [-0.2, -0.15) is 14.3 Å². The topological polar surface area (TPSA) is 243 Å². The Labute approximate surface area is 157 Å². The number of nitrogens with zero attached hydrogens (tertiary/aromatic N) is 4. The van der Waals surface area contributed by atoms with Gasteiger partial charge in [-0.3, -0.25) is 14.4 Å². The lowest BCUT2D eigenvalue weighted by Crippen LogP contribution is -2.40. The third-order valence-corrected chi connectivity index (χ3v) is 7.00. The van der Waals surface area contributed by atoms with Gasteiger partial charge in [0.05, 0.1) is 6.34 Å². The summed E-state index contributed by atoms with van der Waals surface area (Å²) in [4.78, 5) is 59.8. The van der Waals surface area contributed by atoms with Crippen LogP contribution in [0.2, 0.25) is 0 Å². The molecule has 0 radical (unpaired) electrons. The minimum Gasteiger partial charge on any atom is -0.369 e. The number of aliphatic imine (C=N–C) groups is 3. The normalized spacial score (nSPS) is 23.6. The van der Waals surface area contributed by atoms with Gasteiger partial charge in [-0.25, -0.2) is 13.4 Å². The lowest BCUT2D eigenvalue weighted by molar-refractivity contribution is -0.117. The number of nitrogens with two attached hydrogens (primary N) is 1. The Morgan fingerprint density at radius 1 is 1.14 bits per heavy atom. The third-order valence-electron chi connectivity index (χ3n) is 2.96. The number of hydrogen-bond acceptors (Lipinski definition) is 11. The van der Waals surface area contributed by atoms with Crippen molar-refractivity contribution in [1.29, 1.82) is 0 Å². The average molecular weight is 463 g/mol. The molecule has 0 aromatic carbocycles. The predicted octanol–water partition coefficient (Wildman–Crippen LogP) is -1.27. The van der Waals surface area contributed by atoms with Crippen LogP contribution in [-0.2, 0) is 31.8 Å². The van der Waals surface area contributed by atoms with E-state index in [1.54, 1.807) is 0 Å². The molecule has 3 unspecified atom stereocenters. The molecule has 2 rings (SSSR count). The van der Waals surface area contributed by atoms with Crippen LogP contribution >= 0.6 is 23.2 Å². The van der Waals surface area contributed by atoms with Gasteiger partial charge >= 0.3 is 23.2 Å². The molecule has 0 aromatic heterocycles. The van der Waals surface area contributed by atoms with Crippen molar-refractivity contribution in [3.8, 4) is 0 Å². The number of amidine groups is 1. The van der Waals surface area contributed by atoms with E-state index in [1.165, 1.54) is 11.2 Å². The van der Waals surface area contributed by atoms with Gasteiger partial charge in [-0.1, -0.05) is 0 Å². The van der Waals surface area contributed by atoms with E-state index in [4.69, 9.17) is 25.2 Å². The standard InChI is InChI=1S/C9H16N5O11P3/c10-9-12-7-6(8(15)13-9)11-4-14(7)2-1-3-23-5-26(16,17)24-28(21,22)25-27(18,19)20/h4,6H,1-3,5H2,(H,16,17)(H,21,22)(H2,10,13,15)(H2,18,19,20). The number of rotatable bonds is 10. The second-order valence-electron chi connectivity index (χ2n) is 5.29. The van der Waals surface area contributed by atoms with Gasteiger partial charge in [0.2, 0.25) is 5.96 Å². The molecule has 0 aromatic rings. The van der Waals surface area contributed by atoms with Crippen molar-refractivity contribution in [3.63, 3.8) is 0 Å². The van der Waals surface area contributed by atoms with Crippen molar-refractivity contribution in [2.45, 2.75) is 12.5 Å². The fourth-order valence-electron chi connectivity index (χ4n) is 2.07. The predicted molar refractivity (Wildman–Crippen MR) is 92.4 cm³/mol. The van der Waals surface area contributed by atoms with Crippen molar-refractivity contribution < 1.29 is 51.4 Å². The zero-order chi connectivity index (χ0) is 21.2. The molecule has 2 aliphatic rings. The van der Waals surface area contributed by atoms with E-state index in [1.807, 2.05) is 0 Å². The highest BCUT2D eigenvalue weighted by atomic mass is 31.3. The Morgan fingerprint density at radius 2 is 1.82 bits per heavy atom. The van der Waals surface area contributed by atoms with Crippen LogP contribution in [0.1, 0.15) is 6.42 Å². The molecule has 28 heavy (non-hydrogen) atoms. The molecule has 0 aliphatic carbocycles. The number of fused-ring (bicyclic) bond motifs is 1. The molecule has 3 atom stereocenters. The van der Waals surface area contributed by atoms with Crippen molar-refractivity contribution in [2.75, 3.05) is 19.5 Å². The number of ether oxygens (including phenoxy) is 1. The molecule has 0 saturated carbocycles. The van der Waals surface area contributed by atoms with Crippen molar-refractivity contribution >= 4 is 47.3 Å². The number of amides is 1. The van der Waals surface area contributed by atoms with Crippen molar-refractivity contribution in [2.24, 2.45) is 20.7 Å². The molecule has 2 heterocycles. The monoisotopic (exact) mass is 463 g/mol. The minimum absolute atomic E-state index is 0.122. The molecule has 2 aliphatic heterocycles. The molecule has 16 nitrogen and oxygen atoms in total. The van der Waals surface area contributed by atoms with Gasteiger partial charge in [-0.05, 0) is 6.42 Å². The van der Waals surface area contributed by atoms with Crippen LogP contribution < -0.4 is 5.73 Å². The first kappa shape index (κ1) is 23.0. The van der Waals surface area contributed by atoms with Crippen molar-refractivity contribution in [3.05, 3.63) is 0 Å². The van der Waals surface area contributed by atoms with Gasteiger partial charge in [0.15, 0.2) is 6.04 Å². The summed E-state index contributed by atoms with van der Waals surface area (Å²) in [6.07, 6.45) is 0.563. The molecule has 6 N–H and O–H groups in total. The highest BCUT2D eigenvalue weighted by Gasteiger charge is 2.39. The summed E-state index contributed by atoms with van der Waals surface area (Å²) in [6.45, 7) is 0.124. The van der Waals surface area contributed by atoms with E-state index < -0.39 is 41.5 Å². The van der Waals surface area contributed by atoms with Gasteiger partial charge in [0.25, 0.3) is 5.91 Å². The average Bonchev–Trinajstić information content (AvgIpc) is 2.86. The van der Waals surface area contributed by atoms with Gasteiger partial charge in [0.1, 0.15) is 12.2 Å². The third kappa shape index (κ3) is 6.94. The molecule has 0 saturated heterocycles. The van der Waals surface area contributed by atoms with Crippen LogP contribution in [0, 0.1) is 0 Å². The number of carbonyl (C=O) groups is 1. The van der Waals surface area contributed by atoms with Crippen molar-refractivity contribution in [1.82, 2.24) is 4.90 Å². The summed E-state index contributed by atoms with van der Waals surface area (Å²) in [7, 11) is -15.8. The fraction of sp³-hybridized carbons (Fsp3) is 0.556. The van der Waals surface area contributed by atoms with Crippen LogP contribution in [0.25, 0.3) is 0 Å². The molecule has 0 fully saturated rings. The molecular weight excluding hydrogens is 447 g/mol. The fourth-order valence-corrected chi connectivity index (χ4v) is 5.37. The van der Waals surface area contributed by atoms with E-state index >= 15 is 0 Å². The highest BCUT2D eigenvalue weighted by Crippen LogP contribution is 2.65. The number of guanidine groups is 1. The smallest absolute Gasteiger partial charge is 0.369 e. The van der Waals surface area contributed by atoms with E-state index in [0.29, 0.717) is 0 Å². The summed E-state index contributed by atoms with van der Waals surface area (Å²) in [6, 6.07) is -0.869. The summed E-state index contributed by atoms with van der Waals surface area (Å²) in [5, 5.41) is 0. The Bertz CT molecular complexity index is 866. The molecule has 158 valence electrons. The number of hydrogen-bond donors (Lipinski definition) is 5. The summed E-state index contributed by atoms with van der Waals surface area (Å²) in [5.74, 6) is -0.474. The largest absolute Gasteiger partial charge is 0.488 e. The first-order chi connectivity index (χ1) is 12.8. The van der Waals surface area contributed by atoms with Crippen LogP contribution in [0.3, 0.4) is 0 Å². The summed E-state index contributed by atoms with van der Waals surface area (Å²) in [5.41, 5.74) is 5.42. The first-order valence-corrected chi connectivity index (χ1v) is 12.0. The number of carbonyl (C=O) groups excluding carboxylic acids is 1.